The number of carboxylic acid groups (broad SMARTS) is 1. The molecule has 3 aromatic rings. The van der Waals surface area contributed by atoms with Crippen molar-refractivity contribution in [1.82, 2.24) is 19.7 Å². The topological polar surface area (TPSA) is 92.9 Å². The minimum absolute atomic E-state index is 0.0856. The number of hydrogen-bond donors (Lipinski definition) is 2. The number of nitrogens with zero attached hydrogens (tertiary/aromatic N) is 4. The number of carbonyl (C=O) groups is 1. The molecule has 0 amide bonds. The summed E-state index contributed by atoms with van der Waals surface area (Å²) >= 11 is 12.1. The minimum atomic E-state index is -0.822. The molecule has 0 saturated carbocycles. The van der Waals surface area contributed by atoms with Gasteiger partial charge in [0.15, 0.2) is 5.82 Å². The van der Waals surface area contributed by atoms with Crippen LogP contribution in [0, 0.1) is 0 Å². The lowest BCUT2D eigenvalue weighted by molar-refractivity contribution is -0.137. The number of nitrogens with one attached hydrogen (secondary N) is 1. The third kappa shape index (κ3) is 5.16. The molecule has 0 aliphatic rings. The van der Waals surface area contributed by atoms with E-state index in [9.17, 15) is 4.79 Å². The molecule has 7 nitrogen and oxygen atoms in total. The molecule has 0 unspecified atom stereocenters. The number of aromatic nitrogens is 4. The summed E-state index contributed by atoms with van der Waals surface area (Å²) in [4.78, 5) is 20.2. The fourth-order valence-electron chi connectivity index (χ4n) is 3.16. The first-order chi connectivity index (χ1) is 13.9. The van der Waals surface area contributed by atoms with E-state index < -0.39 is 5.97 Å². The minimum Gasteiger partial charge on any atom is -0.481 e. The van der Waals surface area contributed by atoms with Gasteiger partial charge in [0.1, 0.15) is 16.9 Å². The summed E-state index contributed by atoms with van der Waals surface area (Å²) in [5.41, 5.74) is 3.53. The van der Waals surface area contributed by atoms with E-state index in [1.807, 2.05) is 19.2 Å². The van der Waals surface area contributed by atoms with Gasteiger partial charge in [-0.2, -0.15) is 5.10 Å². The Morgan fingerprint density at radius 3 is 2.69 bits per heavy atom. The van der Waals surface area contributed by atoms with Crippen LogP contribution in [0.25, 0.3) is 11.0 Å². The highest BCUT2D eigenvalue weighted by Crippen LogP contribution is 2.26. The van der Waals surface area contributed by atoms with Crippen LogP contribution in [0.3, 0.4) is 0 Å². The van der Waals surface area contributed by atoms with Gasteiger partial charge in [-0.15, -0.1) is 0 Å². The van der Waals surface area contributed by atoms with Gasteiger partial charge < -0.3 is 10.4 Å². The monoisotopic (exact) mass is 435 g/mol. The zero-order chi connectivity index (χ0) is 21.0. The van der Waals surface area contributed by atoms with Crippen molar-refractivity contribution in [2.75, 3.05) is 5.32 Å². The van der Waals surface area contributed by atoms with Crippen molar-refractivity contribution in [3.63, 3.8) is 0 Å². The molecular formula is C20H23Cl2N5O2. The van der Waals surface area contributed by atoms with Crippen molar-refractivity contribution in [1.29, 1.82) is 0 Å². The number of fused-ring (bicyclic) bond motifs is 1. The average molecular weight is 436 g/mol. The van der Waals surface area contributed by atoms with Crippen molar-refractivity contribution in [2.24, 2.45) is 7.05 Å². The normalized spacial score (nSPS) is 11.2. The molecule has 0 bridgehead atoms. The molecule has 0 fully saturated rings. The molecular weight excluding hydrogens is 413 g/mol. The molecule has 0 saturated heterocycles. The zero-order valence-corrected chi connectivity index (χ0v) is 17.9. The molecule has 2 heterocycles. The summed E-state index contributed by atoms with van der Waals surface area (Å²) in [5.74, 6) is 0.460. The van der Waals surface area contributed by atoms with Crippen molar-refractivity contribution >= 4 is 46.0 Å². The predicted octanol–water partition coefficient (Wildman–Crippen LogP) is 4.64. The first kappa shape index (κ1) is 21.3. The number of carboxylic acids is 1. The number of benzene rings is 1. The van der Waals surface area contributed by atoms with E-state index in [1.54, 1.807) is 10.7 Å². The molecule has 0 spiro atoms. The Labute approximate surface area is 179 Å². The lowest BCUT2D eigenvalue weighted by Crippen LogP contribution is -2.08. The number of rotatable bonds is 9. The molecule has 0 radical (unpaired) electrons. The van der Waals surface area contributed by atoms with Crippen molar-refractivity contribution in [3.8, 4) is 0 Å². The molecule has 9 heteroatoms. The van der Waals surface area contributed by atoms with Crippen LogP contribution in [0.2, 0.25) is 10.0 Å². The van der Waals surface area contributed by atoms with E-state index >= 15 is 0 Å². The van der Waals surface area contributed by atoms with Gasteiger partial charge in [0.2, 0.25) is 0 Å². The zero-order valence-electron chi connectivity index (χ0n) is 16.4. The van der Waals surface area contributed by atoms with Crippen molar-refractivity contribution in [2.45, 2.75) is 45.6 Å². The highest BCUT2D eigenvalue weighted by molar-refractivity contribution is 6.42. The Balaban J connectivity index is 1.93. The molecule has 3 rings (SSSR count). The van der Waals surface area contributed by atoms with Crippen LogP contribution in [0.15, 0.2) is 18.2 Å². The van der Waals surface area contributed by atoms with E-state index in [-0.39, 0.29) is 6.42 Å². The quantitative estimate of drug-likeness (QED) is 0.508. The second-order valence-electron chi connectivity index (χ2n) is 6.86. The maximum atomic E-state index is 10.8. The number of aliphatic carboxylic acids is 1. The third-order valence-corrected chi connectivity index (χ3v) is 5.26. The fraction of sp³-hybridized carbons (Fsp3) is 0.400. The van der Waals surface area contributed by atoms with E-state index in [0.29, 0.717) is 41.1 Å². The van der Waals surface area contributed by atoms with Crippen LogP contribution in [0.1, 0.15) is 43.3 Å². The van der Waals surface area contributed by atoms with Crippen molar-refractivity contribution < 1.29 is 9.90 Å². The van der Waals surface area contributed by atoms with E-state index in [4.69, 9.17) is 28.3 Å². The summed E-state index contributed by atoms with van der Waals surface area (Å²) < 4.78 is 1.79. The van der Waals surface area contributed by atoms with Crippen LogP contribution in [-0.2, 0) is 31.2 Å². The first-order valence-electron chi connectivity index (χ1n) is 9.51. The second-order valence-corrected chi connectivity index (χ2v) is 7.67. The van der Waals surface area contributed by atoms with Gasteiger partial charge in [-0.05, 0) is 30.5 Å². The predicted molar refractivity (Wildman–Crippen MR) is 115 cm³/mol. The molecule has 154 valence electrons. The summed E-state index contributed by atoms with van der Waals surface area (Å²) in [6.45, 7) is 2.60. The molecule has 0 aliphatic carbocycles. The van der Waals surface area contributed by atoms with Crippen LogP contribution in [0.4, 0.5) is 5.82 Å². The Hall–Kier alpha value is -2.38. The number of hydrogen-bond acceptors (Lipinski definition) is 5. The smallest absolute Gasteiger partial charge is 0.303 e. The van der Waals surface area contributed by atoms with Gasteiger partial charge in [-0.3, -0.25) is 9.48 Å². The molecule has 2 N–H and O–H groups in total. The van der Waals surface area contributed by atoms with E-state index in [1.165, 1.54) is 0 Å². The second kappa shape index (κ2) is 9.41. The van der Waals surface area contributed by atoms with Crippen LogP contribution in [0.5, 0.6) is 0 Å². The van der Waals surface area contributed by atoms with E-state index in [0.717, 1.165) is 35.1 Å². The number of aryl methyl sites for hydroxylation is 3. The van der Waals surface area contributed by atoms with E-state index in [2.05, 4.69) is 27.3 Å². The van der Waals surface area contributed by atoms with Gasteiger partial charge >= 0.3 is 5.97 Å². The molecule has 1 aromatic carbocycles. The Kier molecular flexibility index (Phi) is 6.92. The molecule has 2 aromatic heterocycles. The third-order valence-electron chi connectivity index (χ3n) is 4.52. The SMILES string of the molecule is CCCc1nn(C)c2c(NCc3ccc(Cl)c(Cl)c3)nc(CCCC(=O)O)nc12. The lowest BCUT2D eigenvalue weighted by Gasteiger charge is -2.10. The van der Waals surface area contributed by atoms with Gasteiger partial charge in [-0.1, -0.05) is 42.6 Å². The Morgan fingerprint density at radius 2 is 2.00 bits per heavy atom. The highest BCUT2D eigenvalue weighted by Gasteiger charge is 2.17. The first-order valence-corrected chi connectivity index (χ1v) is 10.3. The Morgan fingerprint density at radius 1 is 1.21 bits per heavy atom. The summed E-state index contributed by atoms with van der Waals surface area (Å²) in [7, 11) is 1.87. The maximum Gasteiger partial charge on any atom is 0.303 e. The van der Waals surface area contributed by atoms with Crippen LogP contribution in [-0.4, -0.2) is 30.8 Å². The highest BCUT2D eigenvalue weighted by atomic mass is 35.5. The molecule has 0 aliphatic heterocycles. The largest absolute Gasteiger partial charge is 0.481 e. The van der Waals surface area contributed by atoms with Crippen molar-refractivity contribution in [3.05, 3.63) is 45.3 Å². The molecule has 29 heavy (non-hydrogen) atoms. The number of halogens is 2. The maximum absolute atomic E-state index is 10.8. The van der Waals surface area contributed by atoms with Crippen LogP contribution < -0.4 is 5.32 Å². The molecule has 0 atom stereocenters. The van der Waals surface area contributed by atoms with Crippen LogP contribution >= 0.6 is 23.2 Å². The lowest BCUT2D eigenvalue weighted by atomic mass is 10.2. The van der Waals surface area contributed by atoms with Gasteiger partial charge in [0.05, 0.1) is 15.7 Å². The van der Waals surface area contributed by atoms with Gasteiger partial charge in [0.25, 0.3) is 0 Å². The summed E-state index contributed by atoms with van der Waals surface area (Å²) in [6, 6.07) is 5.48. The summed E-state index contributed by atoms with van der Waals surface area (Å²) in [6.07, 6.45) is 2.83. The van der Waals surface area contributed by atoms with Gasteiger partial charge in [0, 0.05) is 26.4 Å². The Bertz CT molecular complexity index is 1040. The standard InChI is InChI=1S/C20H23Cl2N5O2/c1-3-5-15-18-19(27(2)26-15)20(25-16(24-18)6-4-7-17(28)29)23-11-12-8-9-13(21)14(22)10-12/h8-10H,3-7,11H2,1-2H3,(H,28,29)(H,23,24,25). The summed E-state index contributed by atoms with van der Waals surface area (Å²) in [5, 5.41) is 17.9. The fourth-order valence-corrected chi connectivity index (χ4v) is 3.48. The number of anilines is 1. The van der Waals surface area contributed by atoms with Gasteiger partial charge in [-0.25, -0.2) is 9.97 Å². The average Bonchev–Trinajstić information content (AvgIpc) is 2.98.